The monoisotopic (exact) mass is 241 g/mol. The predicted molar refractivity (Wildman–Crippen MR) is 69.7 cm³/mol. The van der Waals surface area contributed by atoms with Crippen LogP contribution in [-0.4, -0.2) is 25.5 Å². The molecule has 0 amide bonds. The van der Waals surface area contributed by atoms with Gasteiger partial charge in [-0.25, -0.2) is 9.97 Å². The van der Waals surface area contributed by atoms with Crippen LogP contribution in [-0.2, 0) is 6.54 Å². The molecular weight excluding hydrogens is 226 g/mol. The Morgan fingerprint density at radius 3 is 3.00 bits per heavy atom. The average Bonchev–Trinajstić information content (AvgIpc) is 3.03. The lowest BCUT2D eigenvalue weighted by Crippen LogP contribution is -2.15. The molecule has 0 aliphatic rings. The molecule has 0 spiro atoms. The number of nitrogens with zero attached hydrogens (tertiary/aromatic N) is 4. The molecule has 0 aliphatic carbocycles. The summed E-state index contributed by atoms with van der Waals surface area (Å²) >= 11 is 0. The van der Waals surface area contributed by atoms with Gasteiger partial charge in [0, 0.05) is 25.1 Å². The standard InChI is InChI=1S/C13H15N5/c1-2-14-9-11-13(17-8-6-15-10-17)16-12-5-3-4-7-18(11)12/h3-8,10,14H,2,9H2,1H3. The van der Waals surface area contributed by atoms with Crippen molar-refractivity contribution in [3.8, 4) is 5.82 Å². The third-order valence-electron chi connectivity index (χ3n) is 2.90. The van der Waals surface area contributed by atoms with Gasteiger partial charge >= 0.3 is 0 Å². The first-order valence-electron chi connectivity index (χ1n) is 6.05. The summed E-state index contributed by atoms with van der Waals surface area (Å²) in [5.41, 5.74) is 2.10. The highest BCUT2D eigenvalue weighted by Crippen LogP contribution is 2.16. The van der Waals surface area contributed by atoms with Crippen molar-refractivity contribution >= 4 is 5.65 Å². The third-order valence-corrected chi connectivity index (χ3v) is 2.90. The molecule has 0 fully saturated rings. The Morgan fingerprint density at radius 1 is 1.28 bits per heavy atom. The van der Waals surface area contributed by atoms with E-state index in [9.17, 15) is 0 Å². The SMILES string of the molecule is CCNCc1c(-n2ccnc2)nc2ccccn12. The molecule has 0 saturated heterocycles. The zero-order valence-electron chi connectivity index (χ0n) is 10.2. The molecule has 18 heavy (non-hydrogen) atoms. The molecule has 5 nitrogen and oxygen atoms in total. The Bertz CT molecular complexity index is 639. The Labute approximate surface area is 105 Å². The van der Waals surface area contributed by atoms with Crippen LogP contribution >= 0.6 is 0 Å². The van der Waals surface area contributed by atoms with Crippen molar-refractivity contribution in [2.45, 2.75) is 13.5 Å². The van der Waals surface area contributed by atoms with Gasteiger partial charge in [0.15, 0.2) is 5.82 Å². The van der Waals surface area contributed by atoms with Crippen molar-refractivity contribution < 1.29 is 0 Å². The quantitative estimate of drug-likeness (QED) is 0.755. The normalized spacial score (nSPS) is 11.2. The highest BCUT2D eigenvalue weighted by Gasteiger charge is 2.12. The molecule has 0 bridgehead atoms. The fourth-order valence-electron chi connectivity index (χ4n) is 2.03. The first kappa shape index (κ1) is 11.0. The van der Waals surface area contributed by atoms with Crippen LogP contribution in [0, 0.1) is 0 Å². The van der Waals surface area contributed by atoms with Crippen LogP contribution in [0.5, 0.6) is 0 Å². The molecule has 3 rings (SSSR count). The predicted octanol–water partition coefficient (Wildman–Crippen LogP) is 1.63. The molecule has 0 unspecified atom stereocenters. The largest absolute Gasteiger partial charge is 0.311 e. The van der Waals surface area contributed by atoms with Gasteiger partial charge < -0.3 is 9.72 Å². The maximum atomic E-state index is 4.65. The molecule has 3 aromatic rings. The van der Waals surface area contributed by atoms with E-state index in [1.165, 1.54) is 0 Å². The van der Waals surface area contributed by atoms with E-state index in [0.717, 1.165) is 30.2 Å². The zero-order valence-corrected chi connectivity index (χ0v) is 10.2. The summed E-state index contributed by atoms with van der Waals surface area (Å²) in [5, 5.41) is 3.35. The maximum Gasteiger partial charge on any atom is 0.161 e. The molecule has 0 aliphatic heterocycles. The van der Waals surface area contributed by atoms with E-state index in [1.807, 2.05) is 35.2 Å². The topological polar surface area (TPSA) is 47.2 Å². The molecule has 92 valence electrons. The van der Waals surface area contributed by atoms with E-state index in [4.69, 9.17) is 0 Å². The molecular formula is C13H15N5. The van der Waals surface area contributed by atoms with E-state index < -0.39 is 0 Å². The number of imidazole rings is 2. The Hall–Kier alpha value is -2.14. The molecule has 1 N–H and O–H groups in total. The van der Waals surface area contributed by atoms with E-state index in [1.54, 1.807) is 12.5 Å². The van der Waals surface area contributed by atoms with E-state index in [0.29, 0.717) is 0 Å². The van der Waals surface area contributed by atoms with Gasteiger partial charge in [-0.05, 0) is 18.7 Å². The van der Waals surface area contributed by atoms with Gasteiger partial charge in [0.1, 0.15) is 12.0 Å². The van der Waals surface area contributed by atoms with Crippen molar-refractivity contribution in [1.82, 2.24) is 24.3 Å². The molecule has 0 saturated carbocycles. The van der Waals surface area contributed by atoms with E-state index in [-0.39, 0.29) is 0 Å². The maximum absolute atomic E-state index is 4.65. The average molecular weight is 241 g/mol. The van der Waals surface area contributed by atoms with Crippen molar-refractivity contribution in [2.75, 3.05) is 6.54 Å². The number of aromatic nitrogens is 4. The number of pyridine rings is 1. The Morgan fingerprint density at radius 2 is 2.22 bits per heavy atom. The Balaban J connectivity index is 2.17. The highest BCUT2D eigenvalue weighted by atomic mass is 15.2. The molecule has 3 aromatic heterocycles. The van der Waals surface area contributed by atoms with Crippen molar-refractivity contribution in [2.24, 2.45) is 0 Å². The lowest BCUT2D eigenvalue weighted by atomic mass is 10.4. The lowest BCUT2D eigenvalue weighted by molar-refractivity contribution is 0.700. The van der Waals surface area contributed by atoms with Crippen LogP contribution in [0.2, 0.25) is 0 Å². The minimum atomic E-state index is 0.787. The van der Waals surface area contributed by atoms with Gasteiger partial charge in [-0.2, -0.15) is 0 Å². The van der Waals surface area contributed by atoms with Gasteiger partial charge in [0.25, 0.3) is 0 Å². The summed E-state index contributed by atoms with van der Waals surface area (Å²) in [6, 6.07) is 6.02. The van der Waals surface area contributed by atoms with Gasteiger partial charge in [-0.3, -0.25) is 4.57 Å². The van der Waals surface area contributed by atoms with E-state index in [2.05, 4.69) is 26.6 Å². The third kappa shape index (κ3) is 1.78. The molecule has 0 atom stereocenters. The molecule has 0 aromatic carbocycles. The van der Waals surface area contributed by atoms with Crippen LogP contribution in [0.25, 0.3) is 11.5 Å². The summed E-state index contributed by atoms with van der Waals surface area (Å²) in [4.78, 5) is 8.74. The first-order chi connectivity index (χ1) is 8.90. The van der Waals surface area contributed by atoms with Crippen LogP contribution in [0.3, 0.4) is 0 Å². The number of hydrogen-bond donors (Lipinski definition) is 1. The fourth-order valence-corrected chi connectivity index (χ4v) is 2.03. The molecule has 3 heterocycles. The van der Waals surface area contributed by atoms with Crippen molar-refractivity contribution in [1.29, 1.82) is 0 Å². The molecule has 0 radical (unpaired) electrons. The van der Waals surface area contributed by atoms with Crippen LogP contribution in [0.15, 0.2) is 43.1 Å². The minimum Gasteiger partial charge on any atom is -0.311 e. The number of nitrogens with one attached hydrogen (secondary N) is 1. The highest BCUT2D eigenvalue weighted by molar-refractivity contribution is 5.48. The second-order valence-electron chi connectivity index (χ2n) is 4.06. The second-order valence-corrected chi connectivity index (χ2v) is 4.06. The van der Waals surface area contributed by atoms with Gasteiger partial charge in [-0.1, -0.05) is 13.0 Å². The van der Waals surface area contributed by atoms with Gasteiger partial charge in [-0.15, -0.1) is 0 Å². The van der Waals surface area contributed by atoms with Crippen LogP contribution < -0.4 is 5.32 Å². The summed E-state index contributed by atoms with van der Waals surface area (Å²) in [6.45, 7) is 3.82. The van der Waals surface area contributed by atoms with E-state index >= 15 is 0 Å². The summed E-state index contributed by atoms with van der Waals surface area (Å²) < 4.78 is 4.05. The summed E-state index contributed by atoms with van der Waals surface area (Å²) in [7, 11) is 0. The van der Waals surface area contributed by atoms with Crippen molar-refractivity contribution in [3.05, 3.63) is 48.8 Å². The van der Waals surface area contributed by atoms with Gasteiger partial charge in [0.2, 0.25) is 0 Å². The summed E-state index contributed by atoms with van der Waals surface area (Å²) in [5.74, 6) is 0.930. The molecule has 5 heteroatoms. The first-order valence-corrected chi connectivity index (χ1v) is 6.05. The second kappa shape index (κ2) is 4.62. The number of fused-ring (bicyclic) bond motifs is 1. The minimum absolute atomic E-state index is 0.787. The lowest BCUT2D eigenvalue weighted by Gasteiger charge is -2.05. The van der Waals surface area contributed by atoms with Crippen LogP contribution in [0.4, 0.5) is 0 Å². The number of hydrogen-bond acceptors (Lipinski definition) is 3. The van der Waals surface area contributed by atoms with Crippen molar-refractivity contribution in [3.63, 3.8) is 0 Å². The van der Waals surface area contributed by atoms with Gasteiger partial charge in [0.05, 0.1) is 5.69 Å². The smallest absolute Gasteiger partial charge is 0.161 e. The summed E-state index contributed by atoms with van der Waals surface area (Å²) in [6.07, 6.45) is 7.49. The zero-order chi connectivity index (χ0) is 12.4. The Kier molecular flexibility index (Phi) is 2.82. The fraction of sp³-hybridized carbons (Fsp3) is 0.231. The number of rotatable bonds is 4. The van der Waals surface area contributed by atoms with Crippen LogP contribution in [0.1, 0.15) is 12.6 Å².